The van der Waals surface area contributed by atoms with Crippen LogP contribution in [0.5, 0.6) is 0 Å². The quantitative estimate of drug-likeness (QED) is 0.170. The van der Waals surface area contributed by atoms with Crippen molar-refractivity contribution >= 4 is 38.6 Å². The molecule has 2 aliphatic carbocycles. The fourth-order valence-corrected chi connectivity index (χ4v) is 9.50. The van der Waals surface area contributed by atoms with Gasteiger partial charge in [-0.3, -0.25) is 4.98 Å². The van der Waals surface area contributed by atoms with Gasteiger partial charge in [-0.2, -0.15) is 0 Å². The lowest BCUT2D eigenvalue weighted by atomic mass is 9.94. The van der Waals surface area contributed by atoms with Gasteiger partial charge >= 0.3 is 0 Å². The predicted octanol–water partition coefficient (Wildman–Crippen LogP) is 15.2. The minimum atomic E-state index is 1.10. The van der Waals surface area contributed by atoms with Gasteiger partial charge in [0.15, 0.2) is 0 Å². The molecule has 57 heavy (non-hydrogen) atoms. The van der Waals surface area contributed by atoms with Gasteiger partial charge in [0.1, 0.15) is 0 Å². The van der Waals surface area contributed by atoms with Gasteiger partial charge in [0, 0.05) is 29.5 Å². The Morgan fingerprint density at radius 1 is 0.246 bits per heavy atom. The standard InChI is InChI=1S/C55H34N2/c1-3-9-46-44(7-1)50-13-5-11-48-42(27-29-52(46)54(48)50)37-17-23-40(24-18-37)57(39-21-15-35(16-22-39)36-31-33-56-34-32-36)41-25-19-38(20-26-41)43-28-30-53-47-10-4-2-8-45(47)51-14-6-12-49(43)55(51)53/h1-34H. The largest absolute Gasteiger partial charge is 0.311 e. The number of benzene rings is 9. The van der Waals surface area contributed by atoms with E-state index in [-0.39, 0.29) is 0 Å². The van der Waals surface area contributed by atoms with Crippen molar-refractivity contribution in [2.24, 2.45) is 0 Å². The first-order chi connectivity index (χ1) is 28.3. The summed E-state index contributed by atoms with van der Waals surface area (Å²) in [7, 11) is 0. The summed E-state index contributed by atoms with van der Waals surface area (Å²) in [6.07, 6.45) is 3.70. The average Bonchev–Trinajstić information content (AvgIpc) is 3.80. The molecule has 1 heterocycles. The summed E-state index contributed by atoms with van der Waals surface area (Å²) in [6, 6.07) is 71.3. The van der Waals surface area contributed by atoms with E-state index in [1.807, 2.05) is 12.4 Å². The highest BCUT2D eigenvalue weighted by Gasteiger charge is 2.24. The summed E-state index contributed by atoms with van der Waals surface area (Å²) in [4.78, 5) is 6.58. The maximum Gasteiger partial charge on any atom is 0.0462 e. The van der Waals surface area contributed by atoms with E-state index in [1.165, 1.54) is 88.3 Å². The Labute approximate surface area is 331 Å². The van der Waals surface area contributed by atoms with E-state index in [9.17, 15) is 0 Å². The molecule has 0 saturated heterocycles. The van der Waals surface area contributed by atoms with Crippen molar-refractivity contribution < 1.29 is 0 Å². The Morgan fingerprint density at radius 2 is 0.579 bits per heavy atom. The molecule has 264 valence electrons. The normalized spacial score (nSPS) is 11.9. The first-order valence-electron chi connectivity index (χ1n) is 19.6. The van der Waals surface area contributed by atoms with Gasteiger partial charge < -0.3 is 4.90 Å². The van der Waals surface area contributed by atoms with Gasteiger partial charge in [0.05, 0.1) is 0 Å². The summed E-state index contributed by atoms with van der Waals surface area (Å²) in [5, 5.41) is 5.28. The van der Waals surface area contributed by atoms with E-state index in [0.717, 1.165) is 28.2 Å². The van der Waals surface area contributed by atoms with Gasteiger partial charge in [-0.1, -0.05) is 146 Å². The third-order valence-electron chi connectivity index (χ3n) is 12.1. The molecule has 0 radical (unpaired) electrons. The number of hydrogen-bond donors (Lipinski definition) is 0. The molecule has 0 spiro atoms. The third-order valence-corrected chi connectivity index (χ3v) is 12.1. The molecule has 2 heteroatoms. The first-order valence-corrected chi connectivity index (χ1v) is 19.6. The third kappa shape index (κ3) is 4.87. The van der Waals surface area contributed by atoms with Crippen LogP contribution in [0.25, 0.3) is 99.4 Å². The smallest absolute Gasteiger partial charge is 0.0462 e. The molecular weight excluding hydrogens is 689 g/mol. The van der Waals surface area contributed by atoms with Crippen LogP contribution in [-0.4, -0.2) is 4.98 Å². The number of nitrogens with zero attached hydrogens (tertiary/aromatic N) is 2. The van der Waals surface area contributed by atoms with E-state index in [1.54, 1.807) is 0 Å². The fourth-order valence-electron chi connectivity index (χ4n) is 9.50. The van der Waals surface area contributed by atoms with Crippen LogP contribution >= 0.6 is 0 Å². The van der Waals surface area contributed by atoms with Gasteiger partial charge in [-0.05, 0) is 148 Å². The van der Waals surface area contributed by atoms with Crippen LogP contribution in [0, 0.1) is 0 Å². The lowest BCUT2D eigenvalue weighted by Gasteiger charge is -2.26. The van der Waals surface area contributed by atoms with Crippen molar-refractivity contribution in [1.29, 1.82) is 0 Å². The van der Waals surface area contributed by atoms with Gasteiger partial charge in [0.2, 0.25) is 0 Å². The number of aromatic nitrogens is 1. The number of fused-ring (bicyclic) bond motifs is 6. The number of pyridine rings is 1. The Morgan fingerprint density at radius 3 is 1.00 bits per heavy atom. The summed E-state index contributed by atoms with van der Waals surface area (Å²) in [5.41, 5.74) is 21.1. The molecule has 0 unspecified atom stereocenters. The fraction of sp³-hybridized carbons (Fsp3) is 0. The maximum absolute atomic E-state index is 4.22. The highest BCUT2D eigenvalue weighted by atomic mass is 15.1. The minimum Gasteiger partial charge on any atom is -0.311 e. The second kappa shape index (κ2) is 12.5. The van der Waals surface area contributed by atoms with Gasteiger partial charge in [0.25, 0.3) is 0 Å². The van der Waals surface area contributed by atoms with E-state index in [4.69, 9.17) is 0 Å². The lowest BCUT2D eigenvalue weighted by Crippen LogP contribution is -2.09. The maximum atomic E-state index is 4.22. The van der Waals surface area contributed by atoms with Gasteiger partial charge in [-0.25, -0.2) is 0 Å². The zero-order valence-electron chi connectivity index (χ0n) is 31.0. The second-order valence-corrected chi connectivity index (χ2v) is 15.1. The summed E-state index contributed by atoms with van der Waals surface area (Å²) < 4.78 is 0. The average molecular weight is 723 g/mol. The Bertz CT molecular complexity index is 2960. The molecule has 0 amide bonds. The Balaban J connectivity index is 0.943. The highest BCUT2D eigenvalue weighted by molar-refractivity contribution is 6.20. The molecular formula is C55H34N2. The van der Waals surface area contributed by atoms with E-state index >= 15 is 0 Å². The molecule has 0 N–H and O–H groups in total. The Hall–Kier alpha value is -7.55. The predicted molar refractivity (Wildman–Crippen MR) is 239 cm³/mol. The zero-order chi connectivity index (χ0) is 37.5. The van der Waals surface area contributed by atoms with Crippen molar-refractivity contribution in [3.8, 4) is 77.9 Å². The van der Waals surface area contributed by atoms with Crippen molar-refractivity contribution in [1.82, 2.24) is 4.98 Å². The molecule has 0 atom stereocenters. The van der Waals surface area contributed by atoms with E-state index in [2.05, 4.69) is 204 Å². The van der Waals surface area contributed by atoms with E-state index < -0.39 is 0 Å². The monoisotopic (exact) mass is 722 g/mol. The molecule has 0 saturated carbocycles. The Kier molecular flexibility index (Phi) is 6.96. The SMILES string of the molecule is c1ccc2c(c1)-c1cccc3c(-c4ccc(N(c5ccc(-c6ccncc6)cc5)c5ccc(-c6ccc7c8c(cccc68)-c6ccccc6-7)cc5)cc4)ccc-2c13. The summed E-state index contributed by atoms with van der Waals surface area (Å²) in [6.45, 7) is 0. The first kappa shape index (κ1) is 31.8. The zero-order valence-corrected chi connectivity index (χ0v) is 31.0. The van der Waals surface area contributed by atoms with Crippen molar-refractivity contribution in [3.63, 3.8) is 0 Å². The molecule has 2 aliphatic rings. The van der Waals surface area contributed by atoms with Crippen LogP contribution in [0.3, 0.4) is 0 Å². The number of anilines is 3. The van der Waals surface area contributed by atoms with Crippen LogP contribution in [0.15, 0.2) is 207 Å². The van der Waals surface area contributed by atoms with Crippen molar-refractivity contribution in [2.45, 2.75) is 0 Å². The van der Waals surface area contributed by atoms with Crippen LogP contribution in [0.2, 0.25) is 0 Å². The molecule has 10 aromatic rings. The van der Waals surface area contributed by atoms with Crippen LogP contribution in [-0.2, 0) is 0 Å². The van der Waals surface area contributed by atoms with Crippen LogP contribution in [0.1, 0.15) is 0 Å². The molecule has 0 bridgehead atoms. The van der Waals surface area contributed by atoms with Crippen LogP contribution < -0.4 is 4.90 Å². The lowest BCUT2D eigenvalue weighted by molar-refractivity contribution is 1.28. The minimum absolute atomic E-state index is 1.10. The molecule has 9 aromatic carbocycles. The molecule has 12 rings (SSSR count). The van der Waals surface area contributed by atoms with Gasteiger partial charge in [-0.15, -0.1) is 0 Å². The molecule has 0 fully saturated rings. The molecule has 2 nitrogen and oxygen atoms in total. The number of hydrogen-bond acceptors (Lipinski definition) is 2. The summed E-state index contributed by atoms with van der Waals surface area (Å²) in [5.74, 6) is 0. The van der Waals surface area contributed by atoms with Crippen molar-refractivity contribution in [2.75, 3.05) is 4.90 Å². The summed E-state index contributed by atoms with van der Waals surface area (Å²) >= 11 is 0. The van der Waals surface area contributed by atoms with E-state index in [0.29, 0.717) is 0 Å². The second-order valence-electron chi connectivity index (χ2n) is 15.1. The number of rotatable bonds is 6. The molecule has 0 aliphatic heterocycles. The highest BCUT2D eigenvalue weighted by Crippen LogP contribution is 2.51. The van der Waals surface area contributed by atoms with Crippen LogP contribution in [0.4, 0.5) is 17.1 Å². The molecule has 1 aromatic heterocycles. The topological polar surface area (TPSA) is 16.1 Å². The van der Waals surface area contributed by atoms with Crippen molar-refractivity contribution in [3.05, 3.63) is 207 Å².